The Kier molecular flexibility index (Phi) is 8.33. The largest absolute Gasteiger partial charge is 0.380 e. The highest BCUT2D eigenvalue weighted by atomic mass is 35.5. The molecule has 1 unspecified atom stereocenters. The number of carbonyl (C=O) groups is 1. The molecule has 0 saturated heterocycles. The van der Waals surface area contributed by atoms with Gasteiger partial charge in [0.25, 0.3) is 0 Å². The molecule has 0 spiro atoms. The van der Waals surface area contributed by atoms with Gasteiger partial charge in [0.2, 0.25) is 5.91 Å². The molecule has 2 aromatic rings. The quantitative estimate of drug-likeness (QED) is 0.846. The summed E-state index contributed by atoms with van der Waals surface area (Å²) in [5, 5.41) is 0. The number of carbonyl (C=O) groups excluding carboxylic acids is 1. The van der Waals surface area contributed by atoms with E-state index in [1.807, 2.05) is 60.7 Å². The summed E-state index contributed by atoms with van der Waals surface area (Å²) in [6.07, 6.45) is 0.0174. The van der Waals surface area contributed by atoms with E-state index in [9.17, 15) is 4.79 Å². The monoisotopic (exact) mass is 334 g/mol. The lowest BCUT2D eigenvalue weighted by Crippen LogP contribution is -2.35. The van der Waals surface area contributed by atoms with Crippen LogP contribution in [0.15, 0.2) is 60.7 Å². The first kappa shape index (κ1) is 19.2. The summed E-state index contributed by atoms with van der Waals surface area (Å²) >= 11 is 0. The number of hydrogen-bond acceptors (Lipinski definition) is 3. The normalized spacial score (nSPS) is 11.4. The van der Waals surface area contributed by atoms with Crippen molar-refractivity contribution < 1.29 is 9.53 Å². The summed E-state index contributed by atoms with van der Waals surface area (Å²) in [5.74, 6) is 0.00681. The average Bonchev–Trinajstić information content (AvgIpc) is 2.59. The molecule has 2 N–H and O–H groups in total. The summed E-state index contributed by atoms with van der Waals surface area (Å²) in [4.78, 5) is 14.4. The fourth-order valence-electron chi connectivity index (χ4n) is 2.27. The summed E-state index contributed by atoms with van der Waals surface area (Å²) < 4.78 is 5.23. The zero-order valence-corrected chi connectivity index (χ0v) is 14.0. The van der Waals surface area contributed by atoms with Gasteiger partial charge in [-0.25, -0.2) is 0 Å². The Bertz CT molecular complexity index is 574. The number of hydrogen-bond donors (Lipinski definition) is 1. The predicted molar refractivity (Wildman–Crippen MR) is 95.8 cm³/mol. The first-order valence-corrected chi connectivity index (χ1v) is 7.36. The molecule has 5 heteroatoms. The molecule has 0 saturated carbocycles. The maximum atomic E-state index is 12.7. The highest BCUT2D eigenvalue weighted by molar-refractivity contribution is 5.93. The number of nitrogens with zero attached hydrogens (tertiary/aromatic N) is 1. The predicted octanol–water partition coefficient (Wildman–Crippen LogP) is 3.01. The standard InChI is InChI=1S/C18H22N2O2.ClH/c1-22-17(13-19)12-18(21)20(16-10-6-3-7-11-16)14-15-8-4-2-5-9-15;/h2-11,17H,12-14,19H2,1H3;1H. The number of para-hydroxylation sites is 1. The van der Waals surface area contributed by atoms with Gasteiger partial charge in [0.15, 0.2) is 0 Å². The Hall–Kier alpha value is -1.88. The Morgan fingerprint density at radius 1 is 1.09 bits per heavy atom. The number of methoxy groups -OCH3 is 1. The molecule has 1 atom stereocenters. The molecule has 1 amide bonds. The van der Waals surface area contributed by atoms with Crippen molar-refractivity contribution in [2.24, 2.45) is 5.73 Å². The minimum atomic E-state index is -0.255. The number of nitrogens with two attached hydrogens (primary N) is 1. The second-order valence-electron chi connectivity index (χ2n) is 5.10. The SMILES string of the molecule is COC(CN)CC(=O)N(Cc1ccccc1)c1ccccc1.Cl. The molecule has 23 heavy (non-hydrogen) atoms. The van der Waals surface area contributed by atoms with E-state index in [0.29, 0.717) is 13.1 Å². The van der Waals surface area contributed by atoms with Gasteiger partial charge in [0.05, 0.1) is 19.1 Å². The van der Waals surface area contributed by atoms with Crippen LogP contribution in [0.3, 0.4) is 0 Å². The molecular formula is C18H23ClN2O2. The van der Waals surface area contributed by atoms with Gasteiger partial charge >= 0.3 is 0 Å². The average molecular weight is 335 g/mol. The number of amides is 1. The van der Waals surface area contributed by atoms with Crippen molar-refractivity contribution in [1.29, 1.82) is 0 Å². The molecule has 0 fully saturated rings. The van der Waals surface area contributed by atoms with E-state index in [1.165, 1.54) is 0 Å². The van der Waals surface area contributed by atoms with E-state index >= 15 is 0 Å². The van der Waals surface area contributed by atoms with E-state index in [0.717, 1.165) is 11.3 Å². The molecule has 4 nitrogen and oxygen atoms in total. The lowest BCUT2D eigenvalue weighted by atomic mass is 10.1. The fraction of sp³-hybridized carbons (Fsp3) is 0.278. The Balaban J connectivity index is 0.00000264. The van der Waals surface area contributed by atoms with Gasteiger partial charge < -0.3 is 15.4 Å². The molecule has 0 aromatic heterocycles. The van der Waals surface area contributed by atoms with E-state index in [2.05, 4.69) is 0 Å². The molecule has 0 aliphatic rings. The van der Waals surface area contributed by atoms with Crippen LogP contribution < -0.4 is 10.6 Å². The van der Waals surface area contributed by atoms with Crippen molar-refractivity contribution in [3.05, 3.63) is 66.2 Å². The van der Waals surface area contributed by atoms with Crippen LogP contribution in [-0.4, -0.2) is 25.7 Å². The third-order valence-electron chi connectivity index (χ3n) is 3.55. The number of benzene rings is 2. The molecule has 124 valence electrons. The van der Waals surface area contributed by atoms with Crippen molar-refractivity contribution in [2.75, 3.05) is 18.6 Å². The van der Waals surface area contributed by atoms with Crippen molar-refractivity contribution in [3.63, 3.8) is 0 Å². The lowest BCUT2D eigenvalue weighted by Gasteiger charge is -2.25. The van der Waals surface area contributed by atoms with E-state index in [4.69, 9.17) is 10.5 Å². The zero-order chi connectivity index (χ0) is 15.8. The van der Waals surface area contributed by atoms with Crippen molar-refractivity contribution in [1.82, 2.24) is 0 Å². The molecule has 0 aliphatic carbocycles. The molecule has 2 rings (SSSR count). The van der Waals surface area contributed by atoms with Gasteiger partial charge in [-0.05, 0) is 17.7 Å². The fourth-order valence-corrected chi connectivity index (χ4v) is 2.27. The highest BCUT2D eigenvalue weighted by Gasteiger charge is 2.20. The highest BCUT2D eigenvalue weighted by Crippen LogP contribution is 2.18. The molecule has 2 aromatic carbocycles. The van der Waals surface area contributed by atoms with Gasteiger partial charge in [0.1, 0.15) is 0 Å². The van der Waals surface area contributed by atoms with Crippen LogP contribution >= 0.6 is 12.4 Å². The topological polar surface area (TPSA) is 55.6 Å². The molecule has 0 bridgehead atoms. The summed E-state index contributed by atoms with van der Waals surface area (Å²) in [5.41, 5.74) is 7.59. The molecular weight excluding hydrogens is 312 g/mol. The lowest BCUT2D eigenvalue weighted by molar-refractivity contribution is -0.121. The van der Waals surface area contributed by atoms with Crippen LogP contribution in [0.4, 0.5) is 5.69 Å². The number of anilines is 1. The van der Waals surface area contributed by atoms with Gasteiger partial charge in [-0.15, -0.1) is 12.4 Å². The Labute approximate surface area is 143 Å². The van der Waals surface area contributed by atoms with E-state index < -0.39 is 0 Å². The van der Waals surface area contributed by atoms with E-state index in [-0.39, 0.29) is 30.8 Å². The minimum absolute atomic E-state index is 0. The first-order chi connectivity index (χ1) is 10.7. The van der Waals surface area contributed by atoms with Crippen LogP contribution in [0.25, 0.3) is 0 Å². The van der Waals surface area contributed by atoms with Crippen molar-refractivity contribution in [3.8, 4) is 0 Å². The minimum Gasteiger partial charge on any atom is -0.380 e. The summed E-state index contributed by atoms with van der Waals surface area (Å²) in [6, 6.07) is 19.6. The maximum absolute atomic E-state index is 12.7. The van der Waals surface area contributed by atoms with Crippen molar-refractivity contribution in [2.45, 2.75) is 19.1 Å². The molecule has 0 radical (unpaired) electrons. The third kappa shape index (κ3) is 5.67. The van der Waals surface area contributed by atoms with Gasteiger partial charge in [-0.3, -0.25) is 4.79 Å². The van der Waals surface area contributed by atoms with Gasteiger partial charge in [-0.1, -0.05) is 48.5 Å². The summed E-state index contributed by atoms with van der Waals surface area (Å²) in [7, 11) is 1.58. The number of ether oxygens (including phenoxy) is 1. The first-order valence-electron chi connectivity index (χ1n) is 7.36. The van der Waals surface area contributed by atoms with Crippen LogP contribution in [-0.2, 0) is 16.1 Å². The van der Waals surface area contributed by atoms with Crippen LogP contribution in [0.2, 0.25) is 0 Å². The van der Waals surface area contributed by atoms with Crippen LogP contribution in [0.5, 0.6) is 0 Å². The Morgan fingerprint density at radius 3 is 2.17 bits per heavy atom. The van der Waals surface area contributed by atoms with Crippen LogP contribution in [0.1, 0.15) is 12.0 Å². The second kappa shape index (κ2) is 10.0. The van der Waals surface area contributed by atoms with E-state index in [1.54, 1.807) is 12.0 Å². The van der Waals surface area contributed by atoms with Crippen LogP contribution in [0, 0.1) is 0 Å². The number of halogens is 1. The van der Waals surface area contributed by atoms with Gasteiger partial charge in [0, 0.05) is 19.3 Å². The van der Waals surface area contributed by atoms with Gasteiger partial charge in [-0.2, -0.15) is 0 Å². The summed E-state index contributed by atoms with van der Waals surface area (Å²) in [6.45, 7) is 0.862. The molecule has 0 aliphatic heterocycles. The third-order valence-corrected chi connectivity index (χ3v) is 3.55. The van der Waals surface area contributed by atoms with Crippen molar-refractivity contribution >= 4 is 24.0 Å². The smallest absolute Gasteiger partial charge is 0.229 e. The number of rotatable bonds is 7. The maximum Gasteiger partial charge on any atom is 0.229 e. The zero-order valence-electron chi connectivity index (χ0n) is 13.2. The second-order valence-corrected chi connectivity index (χ2v) is 5.10. The molecule has 0 heterocycles. The Morgan fingerprint density at radius 2 is 1.65 bits per heavy atom.